The summed E-state index contributed by atoms with van der Waals surface area (Å²) in [5.74, 6) is 5.14. The van der Waals surface area contributed by atoms with E-state index in [1.165, 1.54) is 171 Å². The van der Waals surface area contributed by atoms with Gasteiger partial charge in [0.15, 0.2) is 29.3 Å². The predicted molar refractivity (Wildman–Crippen MR) is 480 cm³/mol. The van der Waals surface area contributed by atoms with Crippen LogP contribution < -0.4 is 50.6 Å². The lowest BCUT2D eigenvalue weighted by Gasteiger charge is -1.99. The van der Waals surface area contributed by atoms with Gasteiger partial charge in [-0.3, -0.25) is 5.10 Å². The Bertz CT molecular complexity index is 6630. The molecule has 17 heterocycles. The zero-order valence-corrected chi connectivity index (χ0v) is 76.5. The van der Waals surface area contributed by atoms with Crippen LogP contribution >= 0.6 is 117 Å². The van der Waals surface area contributed by atoms with Gasteiger partial charge in [-0.1, -0.05) is 88.3 Å². The third-order valence-corrected chi connectivity index (χ3v) is 23.3. The van der Waals surface area contributed by atoms with E-state index in [0.29, 0.717) is 67.3 Å². The molecule has 46 heteroatoms. The van der Waals surface area contributed by atoms with Crippen LogP contribution in [-0.4, -0.2) is 90.6 Å². The van der Waals surface area contributed by atoms with Gasteiger partial charge in [0.1, 0.15) is 74.5 Å². The third-order valence-electron chi connectivity index (χ3n) is 14.3. The Morgan fingerprint density at radius 3 is 1.20 bits per heavy atom. The molecular formula is C82H69N17O19S10. The number of rotatable bonds is 16. The van der Waals surface area contributed by atoms with Crippen molar-refractivity contribution in [3.05, 3.63) is 358 Å². The summed E-state index contributed by atoms with van der Waals surface area (Å²) in [5.41, 5.74) is 0.308. The molecule has 0 radical (unpaired) electrons. The van der Waals surface area contributed by atoms with Crippen LogP contribution in [0, 0.1) is 62.3 Å². The van der Waals surface area contributed by atoms with E-state index in [2.05, 4.69) is 85.2 Å². The molecule has 0 amide bonds. The first-order valence-corrected chi connectivity index (χ1v) is 44.8. The van der Waals surface area contributed by atoms with Gasteiger partial charge in [-0.05, 0) is 187 Å². The predicted octanol–water partition coefficient (Wildman–Crippen LogP) is 16.2. The van der Waals surface area contributed by atoms with Crippen LogP contribution in [0.5, 0.6) is 5.75 Å². The molecule has 4 N–H and O–H groups in total. The number of nitrogens with one attached hydrogen (secondary N) is 3. The van der Waals surface area contributed by atoms with Crippen molar-refractivity contribution in [2.24, 2.45) is 7.05 Å². The molecule has 0 spiro atoms. The summed E-state index contributed by atoms with van der Waals surface area (Å²) < 4.78 is 46.6. The standard InChI is InChI=1S/C13H10N2O2S.C11H9NO2S.C10H8N2O2S.C9H8N2O2S.C9H7NO2S2.C8H8N4O2S.C8H7N3O2S.C8H6N2O2S2.C6H6O3/c1-8-6-9(7-12(16)17-8)18-13-14-10-4-2-3-5-11(10)15-13;1-8-6-9(7-11(13)14-8)15-10-4-2-3-5-12-10;1-7-5-8(6-9(13)14-7)15-10-11-3-2-4-12-10;1-6-4-7(5-8(12)13-6)14-9-10-2-3-11-9;1-6-4-7(5-8(11)12-6)14-9-10-2-3-13-9;1-5-3-6(4-7(13)14-5)15-8-9-10-11-12(8)2;1-5-2-6(3-7(12)13-5)14-8-9-4-10-11-8;1-5-2-6(3-7(11)12-5)14-8-10-9-4-13-8;1-4-2-5(7)3-6(8)9-4/h2-7H,1H3,(H,14,15);2-7H,1H3;2-6H,1H3;2-5H,1H3,(H,10,11);2-5H,1H3;3-4H,1-2H3;2-4H,1H3,(H,9,10,11);2-4H,1H3;2-3,7H,1H3. The van der Waals surface area contributed by atoms with Crippen LogP contribution in [0.4, 0.5) is 0 Å². The molecule has 18 aromatic rings. The highest BCUT2D eigenvalue weighted by Gasteiger charge is 2.12. The van der Waals surface area contributed by atoms with Crippen molar-refractivity contribution in [2.75, 3.05) is 0 Å². The highest BCUT2D eigenvalue weighted by atomic mass is 32.2. The van der Waals surface area contributed by atoms with Crippen molar-refractivity contribution in [3.8, 4) is 5.75 Å². The SMILES string of the molecule is Cc1cc(O)cc(=O)o1.Cc1cc(Sc2ccccn2)cc(=O)o1.Cc1cc(Sc2nc3ccccc3[nH]2)cc(=O)o1.Cc1cc(Sc2ncc[nH]2)cc(=O)o1.Cc1cc(Sc2ncccn2)cc(=O)o1.Cc1cc(Sc2nccs2)cc(=O)o1.Cc1cc(Sc2ncn[nH]2)cc(=O)o1.Cc1cc(Sc2nncs2)cc(=O)o1.Cc1cc(Sc2nnnn2C)cc(=O)o1. The first kappa shape index (κ1) is 96.9. The Hall–Kier alpha value is -13.3. The van der Waals surface area contributed by atoms with E-state index in [0.717, 1.165) is 80.3 Å². The van der Waals surface area contributed by atoms with E-state index in [4.69, 9.17) is 40.4 Å². The van der Waals surface area contributed by atoms with Crippen LogP contribution in [0.3, 0.4) is 0 Å². The van der Waals surface area contributed by atoms with Gasteiger partial charge in [-0.25, -0.2) is 82.7 Å². The molecular weight excluding hydrogens is 1850 g/mol. The molecule has 0 aliphatic carbocycles. The molecule has 17 aromatic heterocycles. The van der Waals surface area contributed by atoms with Crippen molar-refractivity contribution in [3.63, 3.8) is 0 Å². The summed E-state index contributed by atoms with van der Waals surface area (Å²) in [6.45, 7) is 15.5. The summed E-state index contributed by atoms with van der Waals surface area (Å²) in [7, 11) is 1.74. The van der Waals surface area contributed by atoms with E-state index < -0.39 is 5.63 Å². The maximum Gasteiger partial charge on any atom is 0.339 e. The molecule has 0 aliphatic heterocycles. The monoisotopic (exact) mass is 1920 g/mol. The molecule has 0 unspecified atom stereocenters. The van der Waals surface area contributed by atoms with E-state index in [-0.39, 0.29) is 50.8 Å². The van der Waals surface area contributed by atoms with Crippen molar-refractivity contribution in [2.45, 2.75) is 141 Å². The highest BCUT2D eigenvalue weighted by Crippen LogP contribution is 2.33. The molecule has 128 heavy (non-hydrogen) atoms. The molecule has 18 rings (SSSR count). The number of H-pyrrole nitrogens is 3. The Morgan fingerprint density at radius 1 is 0.375 bits per heavy atom. The fourth-order valence-electron chi connectivity index (χ4n) is 9.58. The van der Waals surface area contributed by atoms with Gasteiger partial charge in [0, 0.05) is 143 Å². The van der Waals surface area contributed by atoms with E-state index in [1.54, 1.807) is 160 Å². The number of fused-ring (bicyclic) bond motifs is 1. The number of tetrazole rings is 1. The summed E-state index contributed by atoms with van der Waals surface area (Å²) in [6.07, 6.45) is 11.6. The number of aromatic nitrogens is 17. The fraction of sp³-hybridized carbons (Fsp3) is 0.122. The normalized spacial score (nSPS) is 10.4. The van der Waals surface area contributed by atoms with Crippen molar-refractivity contribution < 1.29 is 44.9 Å². The molecule has 36 nitrogen and oxygen atoms in total. The number of hydrogen-bond donors (Lipinski definition) is 4. The summed E-state index contributed by atoms with van der Waals surface area (Å²) in [4.78, 5) is 141. The molecule has 0 saturated heterocycles. The van der Waals surface area contributed by atoms with Gasteiger partial charge in [-0.15, -0.1) is 26.6 Å². The lowest BCUT2D eigenvalue weighted by molar-refractivity contribution is 0.434. The van der Waals surface area contributed by atoms with Crippen LogP contribution in [0.2, 0.25) is 0 Å². The van der Waals surface area contributed by atoms with Gasteiger partial charge in [0.05, 0.1) is 17.1 Å². The van der Waals surface area contributed by atoms with E-state index in [9.17, 15) is 43.2 Å². The average molecular weight is 1920 g/mol. The quantitative estimate of drug-likeness (QED) is 0.0653. The van der Waals surface area contributed by atoms with Crippen LogP contribution in [0.25, 0.3) is 11.0 Å². The topological polar surface area (TPSA) is 512 Å². The zero-order valence-electron chi connectivity index (χ0n) is 68.3. The number of aromatic amines is 3. The molecule has 0 aliphatic rings. The van der Waals surface area contributed by atoms with Gasteiger partial charge in [-0.2, -0.15) is 5.10 Å². The highest BCUT2D eigenvalue weighted by molar-refractivity contribution is 8.01. The molecule has 0 fully saturated rings. The molecule has 656 valence electrons. The van der Waals surface area contributed by atoms with Gasteiger partial charge >= 0.3 is 50.6 Å². The van der Waals surface area contributed by atoms with Crippen molar-refractivity contribution in [1.82, 2.24) is 85.5 Å². The number of aryl methyl sites for hydroxylation is 10. The van der Waals surface area contributed by atoms with Crippen LogP contribution in [0.15, 0.2) is 374 Å². The van der Waals surface area contributed by atoms with Gasteiger partial charge < -0.3 is 54.8 Å². The lowest BCUT2D eigenvalue weighted by Crippen LogP contribution is -1.98. The van der Waals surface area contributed by atoms with Crippen LogP contribution in [-0.2, 0) is 7.05 Å². The number of pyridine rings is 1. The molecule has 0 saturated carbocycles. The van der Waals surface area contributed by atoms with Gasteiger partial charge in [0.25, 0.3) is 0 Å². The van der Waals surface area contributed by atoms with Gasteiger partial charge in [0.2, 0.25) is 5.16 Å². The largest absolute Gasteiger partial charge is 0.508 e. The summed E-state index contributed by atoms with van der Waals surface area (Å²) in [6, 6.07) is 43.5. The maximum absolute atomic E-state index is 11.3. The molecule has 1 aromatic carbocycles. The minimum atomic E-state index is -0.521. The van der Waals surface area contributed by atoms with Crippen molar-refractivity contribution >= 4 is 128 Å². The average Bonchev–Trinajstić information content (AvgIpc) is 1.69. The molecule has 0 atom stereocenters. The number of thiazole rings is 1. The Labute approximate surface area is 763 Å². The first-order chi connectivity index (χ1) is 61.5. The number of aromatic hydroxyl groups is 1. The molecule has 0 bridgehead atoms. The van der Waals surface area contributed by atoms with Crippen molar-refractivity contribution in [1.29, 1.82) is 0 Å². The number of hydrogen-bond acceptors (Lipinski definition) is 42. The summed E-state index contributed by atoms with van der Waals surface area (Å²) >= 11 is 14.1. The Balaban J connectivity index is 0.000000151. The zero-order chi connectivity index (χ0) is 91.4. The second-order valence-corrected chi connectivity index (χ2v) is 35.6. The van der Waals surface area contributed by atoms with Crippen LogP contribution in [0.1, 0.15) is 51.8 Å². The minimum Gasteiger partial charge on any atom is -0.508 e. The second-order valence-electron chi connectivity index (χ2n) is 24.9. The summed E-state index contributed by atoms with van der Waals surface area (Å²) in [5, 5.41) is 39.9. The number of nitrogens with zero attached hydrogens (tertiary/aromatic N) is 14. The smallest absolute Gasteiger partial charge is 0.339 e. The van der Waals surface area contributed by atoms with E-state index >= 15 is 0 Å². The second kappa shape index (κ2) is 49.5. The number of para-hydroxylation sites is 2. The fourth-order valence-corrected chi connectivity index (χ4v) is 17.9. The number of benzene rings is 1. The Morgan fingerprint density at radius 2 is 0.805 bits per heavy atom. The third kappa shape index (κ3) is 35.2. The number of imidazole rings is 2. The minimum absolute atomic E-state index is 0.0521. The lowest BCUT2D eigenvalue weighted by atomic mass is 10.3. The first-order valence-electron chi connectivity index (χ1n) is 36.5. The van der Waals surface area contributed by atoms with E-state index in [1.807, 2.05) is 66.0 Å². The maximum atomic E-state index is 11.3. The Kier molecular flexibility index (Phi) is 37.5.